The molecule has 1 N–H and O–H groups in total. The van der Waals surface area contributed by atoms with E-state index >= 15 is 0 Å². The highest BCUT2D eigenvalue weighted by molar-refractivity contribution is 14.1. The van der Waals surface area contributed by atoms with E-state index in [-0.39, 0.29) is 18.0 Å². The van der Waals surface area contributed by atoms with Crippen molar-refractivity contribution in [1.29, 1.82) is 0 Å². The number of carbonyl (C=O) groups excluding carboxylic acids is 3. The zero-order chi connectivity index (χ0) is 26.7. The molecule has 4 amide bonds. The van der Waals surface area contributed by atoms with Crippen molar-refractivity contribution in [2.45, 2.75) is 27.4 Å². The van der Waals surface area contributed by atoms with Crippen LogP contribution in [0.4, 0.5) is 14.9 Å². The molecule has 0 bridgehead atoms. The van der Waals surface area contributed by atoms with Gasteiger partial charge in [0.2, 0.25) is 0 Å². The average molecular weight is 614 g/mol. The third kappa shape index (κ3) is 5.66. The zero-order valence-electron chi connectivity index (χ0n) is 20.4. The fraction of sp³-hybridized carbons (Fsp3) is 0.179. The van der Waals surface area contributed by atoms with Gasteiger partial charge in [-0.2, -0.15) is 0 Å². The summed E-state index contributed by atoms with van der Waals surface area (Å²) < 4.78 is 26.3. The van der Waals surface area contributed by atoms with E-state index in [1.165, 1.54) is 12.1 Å². The number of anilines is 1. The molecule has 1 heterocycles. The van der Waals surface area contributed by atoms with Gasteiger partial charge in [0, 0.05) is 5.56 Å². The quantitative estimate of drug-likeness (QED) is 0.210. The largest absolute Gasteiger partial charge is 0.490 e. The molecule has 7 nitrogen and oxygen atoms in total. The van der Waals surface area contributed by atoms with Crippen LogP contribution >= 0.6 is 22.6 Å². The lowest BCUT2D eigenvalue weighted by Gasteiger charge is -2.27. The summed E-state index contributed by atoms with van der Waals surface area (Å²) in [5.74, 6) is -1.10. The summed E-state index contributed by atoms with van der Waals surface area (Å²) in [4.78, 5) is 39.5. The summed E-state index contributed by atoms with van der Waals surface area (Å²) in [6.45, 7) is 5.84. The standard InChI is InChI=1S/C28H24FIN2O5/c1-4-36-24-14-18(13-22(30)25(24)37-15-19-7-5-6-8-21(19)29)12-20-26(33)31-28(35)32(27(20)34)23-10-9-16(2)11-17(23)3/h5-14H,4,15H2,1-3H3,(H,31,33,35)/b20-12+. The van der Waals surface area contributed by atoms with Gasteiger partial charge >= 0.3 is 6.03 Å². The number of barbiturate groups is 1. The van der Waals surface area contributed by atoms with E-state index in [4.69, 9.17) is 9.47 Å². The second-order valence-corrected chi connectivity index (χ2v) is 9.55. The number of hydrogen-bond acceptors (Lipinski definition) is 5. The minimum atomic E-state index is -0.805. The summed E-state index contributed by atoms with van der Waals surface area (Å²) >= 11 is 2.05. The van der Waals surface area contributed by atoms with Gasteiger partial charge in [0.25, 0.3) is 11.8 Å². The van der Waals surface area contributed by atoms with Crippen molar-refractivity contribution < 1.29 is 28.2 Å². The van der Waals surface area contributed by atoms with Gasteiger partial charge < -0.3 is 9.47 Å². The SMILES string of the molecule is CCOc1cc(/C=C2\C(=O)NC(=O)N(c3ccc(C)cc3C)C2=O)cc(I)c1OCc1ccccc1F. The second kappa shape index (κ2) is 11.1. The molecule has 0 aromatic heterocycles. The summed E-state index contributed by atoms with van der Waals surface area (Å²) in [6, 6.07) is 14.2. The molecule has 0 unspecified atom stereocenters. The van der Waals surface area contributed by atoms with E-state index in [0.717, 1.165) is 16.0 Å². The van der Waals surface area contributed by atoms with Gasteiger partial charge in [-0.15, -0.1) is 0 Å². The Morgan fingerprint density at radius 3 is 2.49 bits per heavy atom. The van der Waals surface area contributed by atoms with Gasteiger partial charge in [0.15, 0.2) is 11.5 Å². The number of hydrogen-bond donors (Lipinski definition) is 1. The van der Waals surface area contributed by atoms with E-state index in [9.17, 15) is 18.8 Å². The molecule has 1 fully saturated rings. The van der Waals surface area contributed by atoms with Crippen molar-refractivity contribution in [2.75, 3.05) is 11.5 Å². The van der Waals surface area contributed by atoms with Gasteiger partial charge in [-0.25, -0.2) is 14.1 Å². The Balaban J connectivity index is 1.68. The van der Waals surface area contributed by atoms with Crippen LogP contribution in [0.5, 0.6) is 11.5 Å². The molecule has 37 heavy (non-hydrogen) atoms. The smallest absolute Gasteiger partial charge is 0.335 e. The molecule has 190 valence electrons. The van der Waals surface area contributed by atoms with Crippen LogP contribution in [-0.2, 0) is 16.2 Å². The van der Waals surface area contributed by atoms with E-state index in [1.54, 1.807) is 49.4 Å². The molecule has 4 rings (SSSR count). The highest BCUT2D eigenvalue weighted by atomic mass is 127. The number of rotatable bonds is 7. The summed E-state index contributed by atoms with van der Waals surface area (Å²) in [6.07, 6.45) is 1.41. The van der Waals surface area contributed by atoms with Gasteiger partial charge in [-0.05, 0) is 84.8 Å². The first-order valence-electron chi connectivity index (χ1n) is 11.5. The summed E-state index contributed by atoms with van der Waals surface area (Å²) in [5, 5.41) is 2.25. The molecule has 3 aromatic rings. The maximum absolute atomic E-state index is 14.0. The minimum absolute atomic E-state index is 0.00293. The first kappa shape index (κ1) is 26.3. The van der Waals surface area contributed by atoms with Gasteiger partial charge in [0.1, 0.15) is 18.0 Å². The molecule has 1 saturated heterocycles. The summed E-state index contributed by atoms with van der Waals surface area (Å²) in [7, 11) is 0. The van der Waals surface area contributed by atoms with Crippen molar-refractivity contribution in [3.63, 3.8) is 0 Å². The molecule has 3 aromatic carbocycles. The predicted octanol–water partition coefficient (Wildman–Crippen LogP) is 5.69. The Morgan fingerprint density at radius 1 is 1.03 bits per heavy atom. The number of urea groups is 1. The average Bonchev–Trinajstić information content (AvgIpc) is 2.83. The van der Waals surface area contributed by atoms with Gasteiger partial charge in [0.05, 0.1) is 15.9 Å². The van der Waals surface area contributed by atoms with E-state index in [1.807, 2.05) is 19.9 Å². The number of amides is 4. The van der Waals surface area contributed by atoms with E-state index < -0.39 is 17.8 Å². The third-order valence-electron chi connectivity index (χ3n) is 5.67. The van der Waals surface area contributed by atoms with E-state index in [0.29, 0.717) is 38.5 Å². The fourth-order valence-electron chi connectivity index (χ4n) is 3.94. The van der Waals surface area contributed by atoms with E-state index in [2.05, 4.69) is 27.9 Å². The lowest BCUT2D eigenvalue weighted by Crippen LogP contribution is -2.54. The molecule has 0 aliphatic carbocycles. The highest BCUT2D eigenvalue weighted by Crippen LogP contribution is 2.36. The number of carbonyl (C=O) groups is 3. The highest BCUT2D eigenvalue weighted by Gasteiger charge is 2.37. The van der Waals surface area contributed by atoms with Crippen LogP contribution in [0.3, 0.4) is 0 Å². The first-order valence-corrected chi connectivity index (χ1v) is 12.6. The van der Waals surface area contributed by atoms with Crippen molar-refractivity contribution in [2.24, 2.45) is 0 Å². The maximum atomic E-state index is 14.0. The summed E-state index contributed by atoms with van der Waals surface area (Å²) in [5.41, 5.74) is 2.80. The Morgan fingerprint density at radius 2 is 1.78 bits per heavy atom. The van der Waals surface area contributed by atoms with Crippen LogP contribution in [0.15, 0.2) is 60.2 Å². The molecule has 9 heteroatoms. The van der Waals surface area contributed by atoms with Crippen LogP contribution in [0.25, 0.3) is 6.08 Å². The lowest BCUT2D eigenvalue weighted by atomic mass is 10.0. The lowest BCUT2D eigenvalue weighted by molar-refractivity contribution is -0.122. The number of nitrogens with zero attached hydrogens (tertiary/aromatic N) is 1. The fourth-order valence-corrected chi connectivity index (χ4v) is 4.72. The number of nitrogens with one attached hydrogen (secondary N) is 1. The Kier molecular flexibility index (Phi) is 7.91. The van der Waals surface area contributed by atoms with Crippen LogP contribution in [0.1, 0.15) is 29.2 Å². The van der Waals surface area contributed by atoms with Crippen LogP contribution in [0, 0.1) is 23.2 Å². The van der Waals surface area contributed by atoms with Crippen molar-refractivity contribution in [3.05, 3.63) is 91.8 Å². The maximum Gasteiger partial charge on any atom is 0.335 e. The van der Waals surface area contributed by atoms with Gasteiger partial charge in [-0.1, -0.05) is 35.9 Å². The number of ether oxygens (including phenoxy) is 2. The normalized spacial score (nSPS) is 14.7. The minimum Gasteiger partial charge on any atom is -0.490 e. The monoisotopic (exact) mass is 614 g/mol. The van der Waals surface area contributed by atoms with Crippen molar-refractivity contribution >= 4 is 52.2 Å². The Labute approximate surface area is 227 Å². The molecule has 0 saturated carbocycles. The van der Waals surface area contributed by atoms with Crippen LogP contribution < -0.4 is 19.7 Å². The molecule has 0 spiro atoms. The second-order valence-electron chi connectivity index (χ2n) is 8.39. The van der Waals surface area contributed by atoms with Crippen molar-refractivity contribution in [1.82, 2.24) is 5.32 Å². The molecule has 1 aliphatic rings. The first-order chi connectivity index (χ1) is 17.7. The van der Waals surface area contributed by atoms with Crippen LogP contribution in [-0.4, -0.2) is 24.5 Å². The number of imide groups is 2. The topological polar surface area (TPSA) is 84.9 Å². The Bertz CT molecular complexity index is 1440. The zero-order valence-corrected chi connectivity index (χ0v) is 22.6. The van der Waals surface area contributed by atoms with Crippen molar-refractivity contribution in [3.8, 4) is 11.5 Å². The number of aryl methyl sites for hydroxylation is 2. The third-order valence-corrected chi connectivity index (χ3v) is 6.47. The Hall–Kier alpha value is -3.73. The molecule has 0 radical (unpaired) electrons. The predicted molar refractivity (Wildman–Crippen MR) is 146 cm³/mol. The molecular formula is C28H24FIN2O5. The molecular weight excluding hydrogens is 590 g/mol. The van der Waals surface area contributed by atoms with Crippen LogP contribution in [0.2, 0.25) is 0 Å². The molecule has 0 atom stereocenters. The number of halogens is 2. The van der Waals surface area contributed by atoms with Gasteiger partial charge in [-0.3, -0.25) is 14.9 Å². The molecule has 1 aliphatic heterocycles. The number of benzene rings is 3.